The van der Waals surface area contributed by atoms with E-state index in [1.807, 2.05) is 0 Å². The predicted molar refractivity (Wildman–Crippen MR) is 79.9 cm³/mol. The Bertz CT molecular complexity index is 191. The highest BCUT2D eigenvalue weighted by atomic mass is 16.5. The van der Waals surface area contributed by atoms with Crippen molar-refractivity contribution >= 4 is 0 Å². The van der Waals surface area contributed by atoms with Crippen molar-refractivity contribution in [3.63, 3.8) is 0 Å². The highest BCUT2D eigenvalue weighted by molar-refractivity contribution is 4.73. The lowest BCUT2D eigenvalue weighted by molar-refractivity contribution is 0.111. The van der Waals surface area contributed by atoms with Crippen LogP contribution in [0.25, 0.3) is 0 Å². The first-order valence-electron chi connectivity index (χ1n) is 7.43. The maximum Gasteiger partial charge on any atom is 0.0589 e. The molecule has 0 saturated carbocycles. The van der Waals surface area contributed by atoms with Crippen molar-refractivity contribution in [2.45, 2.75) is 59.4 Å². The first kappa shape index (κ1) is 17.9. The largest absolute Gasteiger partial charge is 0.383 e. The second-order valence-electron chi connectivity index (χ2n) is 5.97. The average molecular weight is 258 g/mol. The molecule has 0 saturated heterocycles. The molecule has 3 nitrogen and oxygen atoms in total. The van der Waals surface area contributed by atoms with Crippen molar-refractivity contribution in [3.8, 4) is 0 Å². The Labute approximate surface area is 114 Å². The average Bonchev–Trinajstić information content (AvgIpc) is 2.36. The third-order valence-electron chi connectivity index (χ3n) is 3.89. The van der Waals surface area contributed by atoms with Crippen molar-refractivity contribution in [1.29, 1.82) is 0 Å². The molecule has 0 heterocycles. The highest BCUT2D eigenvalue weighted by Gasteiger charge is 2.18. The van der Waals surface area contributed by atoms with Gasteiger partial charge in [-0.1, -0.05) is 27.7 Å². The van der Waals surface area contributed by atoms with Crippen LogP contribution in [0.15, 0.2) is 0 Å². The molecule has 0 bridgehead atoms. The number of methoxy groups -OCH3 is 1. The second-order valence-corrected chi connectivity index (χ2v) is 5.97. The normalized spacial score (nSPS) is 12.7. The molecule has 0 unspecified atom stereocenters. The maximum absolute atomic E-state index is 5.78. The van der Waals surface area contributed by atoms with E-state index in [-0.39, 0.29) is 5.41 Å². The predicted octanol–water partition coefficient (Wildman–Crippen LogP) is 2.89. The minimum Gasteiger partial charge on any atom is -0.383 e. The number of nitrogens with zero attached hydrogens (tertiary/aromatic N) is 1. The van der Waals surface area contributed by atoms with E-state index in [1.54, 1.807) is 7.11 Å². The molecule has 0 aliphatic rings. The Morgan fingerprint density at radius 2 is 1.78 bits per heavy atom. The summed E-state index contributed by atoms with van der Waals surface area (Å²) in [6, 6.07) is 0.695. The summed E-state index contributed by atoms with van der Waals surface area (Å²) in [6.07, 6.45) is 4.87. The number of hydrogen-bond donors (Lipinski definition) is 1. The summed E-state index contributed by atoms with van der Waals surface area (Å²) in [6.45, 7) is 12.9. The molecule has 0 spiro atoms. The van der Waals surface area contributed by atoms with Gasteiger partial charge in [0.05, 0.1) is 6.61 Å². The van der Waals surface area contributed by atoms with Gasteiger partial charge >= 0.3 is 0 Å². The summed E-state index contributed by atoms with van der Waals surface area (Å²) in [5.41, 5.74) is 6.06. The number of ether oxygens (including phenoxy) is 1. The van der Waals surface area contributed by atoms with Crippen LogP contribution in [0, 0.1) is 5.41 Å². The zero-order valence-electron chi connectivity index (χ0n) is 13.2. The van der Waals surface area contributed by atoms with Gasteiger partial charge in [-0.3, -0.25) is 4.90 Å². The molecular weight excluding hydrogens is 224 g/mol. The highest BCUT2D eigenvalue weighted by Crippen LogP contribution is 2.21. The molecule has 2 N–H and O–H groups in total. The van der Waals surface area contributed by atoms with Crippen LogP contribution in [0.5, 0.6) is 0 Å². The van der Waals surface area contributed by atoms with E-state index >= 15 is 0 Å². The zero-order valence-corrected chi connectivity index (χ0v) is 13.2. The first-order valence-corrected chi connectivity index (χ1v) is 7.43. The molecule has 0 aliphatic carbocycles. The second kappa shape index (κ2) is 9.76. The van der Waals surface area contributed by atoms with Gasteiger partial charge in [-0.05, 0) is 44.2 Å². The van der Waals surface area contributed by atoms with Crippen LogP contribution in [-0.2, 0) is 4.74 Å². The summed E-state index contributed by atoms with van der Waals surface area (Å²) in [5, 5.41) is 0. The zero-order chi connectivity index (χ0) is 14.0. The van der Waals surface area contributed by atoms with Crippen molar-refractivity contribution in [1.82, 2.24) is 4.90 Å². The Balaban J connectivity index is 4.15. The fourth-order valence-corrected chi connectivity index (χ4v) is 2.35. The molecule has 0 aromatic carbocycles. The fraction of sp³-hybridized carbons (Fsp3) is 1.00. The smallest absolute Gasteiger partial charge is 0.0589 e. The standard InChI is InChI=1S/C15H34N2O/c1-6-14(7-2)17(11-12-18-5)10-8-9-15(3,4)13-16/h14H,6-13,16H2,1-5H3. The molecule has 0 rings (SSSR count). The summed E-state index contributed by atoms with van der Waals surface area (Å²) >= 11 is 0. The molecule has 18 heavy (non-hydrogen) atoms. The van der Waals surface area contributed by atoms with Crippen molar-refractivity contribution in [2.24, 2.45) is 11.1 Å². The lowest BCUT2D eigenvalue weighted by atomic mass is 9.88. The molecule has 0 aliphatic heterocycles. The van der Waals surface area contributed by atoms with Gasteiger partial charge in [0.15, 0.2) is 0 Å². The number of nitrogens with two attached hydrogens (primary N) is 1. The molecule has 0 fully saturated rings. The summed E-state index contributed by atoms with van der Waals surface area (Å²) in [5.74, 6) is 0. The number of hydrogen-bond acceptors (Lipinski definition) is 3. The van der Waals surface area contributed by atoms with Crippen molar-refractivity contribution in [2.75, 3.05) is 33.4 Å². The van der Waals surface area contributed by atoms with Gasteiger partial charge in [-0.25, -0.2) is 0 Å². The van der Waals surface area contributed by atoms with Crippen LogP contribution >= 0.6 is 0 Å². The van der Waals surface area contributed by atoms with Gasteiger partial charge in [0.2, 0.25) is 0 Å². The Morgan fingerprint density at radius 3 is 2.22 bits per heavy atom. The fourth-order valence-electron chi connectivity index (χ4n) is 2.35. The maximum atomic E-state index is 5.78. The van der Waals surface area contributed by atoms with Gasteiger partial charge in [0, 0.05) is 19.7 Å². The summed E-state index contributed by atoms with van der Waals surface area (Å²) in [4.78, 5) is 2.58. The van der Waals surface area contributed by atoms with E-state index < -0.39 is 0 Å². The molecule has 3 heteroatoms. The molecule has 0 aromatic heterocycles. The van der Waals surface area contributed by atoms with Gasteiger partial charge in [-0.2, -0.15) is 0 Å². The summed E-state index contributed by atoms with van der Waals surface area (Å²) in [7, 11) is 1.78. The first-order chi connectivity index (χ1) is 8.50. The number of rotatable bonds is 11. The lowest BCUT2D eigenvalue weighted by Gasteiger charge is -2.31. The monoisotopic (exact) mass is 258 g/mol. The van der Waals surface area contributed by atoms with Crippen LogP contribution in [-0.4, -0.2) is 44.3 Å². The van der Waals surface area contributed by atoms with E-state index in [1.165, 1.54) is 32.2 Å². The van der Waals surface area contributed by atoms with E-state index in [0.29, 0.717) is 6.04 Å². The minimum absolute atomic E-state index is 0.279. The molecule has 110 valence electrons. The minimum atomic E-state index is 0.279. The van der Waals surface area contributed by atoms with Gasteiger partial charge < -0.3 is 10.5 Å². The third kappa shape index (κ3) is 7.34. The van der Waals surface area contributed by atoms with Crippen LogP contribution in [0.3, 0.4) is 0 Å². The topological polar surface area (TPSA) is 38.5 Å². The van der Waals surface area contributed by atoms with Gasteiger partial charge in [0.25, 0.3) is 0 Å². The Kier molecular flexibility index (Phi) is 9.70. The van der Waals surface area contributed by atoms with Crippen LogP contribution in [0.1, 0.15) is 53.4 Å². The molecule has 0 atom stereocenters. The quantitative estimate of drug-likeness (QED) is 0.619. The van der Waals surface area contributed by atoms with Crippen LogP contribution in [0.4, 0.5) is 0 Å². The van der Waals surface area contributed by atoms with Crippen molar-refractivity contribution in [3.05, 3.63) is 0 Å². The van der Waals surface area contributed by atoms with E-state index in [0.717, 1.165) is 19.7 Å². The van der Waals surface area contributed by atoms with Gasteiger partial charge in [0.1, 0.15) is 0 Å². The Hall–Kier alpha value is -0.120. The lowest BCUT2D eigenvalue weighted by Crippen LogP contribution is -2.38. The van der Waals surface area contributed by atoms with Crippen LogP contribution in [0.2, 0.25) is 0 Å². The summed E-state index contributed by atoms with van der Waals surface area (Å²) < 4.78 is 5.22. The van der Waals surface area contributed by atoms with E-state index in [4.69, 9.17) is 10.5 Å². The SMILES string of the molecule is CCC(CC)N(CCCC(C)(C)CN)CCOC. The third-order valence-corrected chi connectivity index (χ3v) is 3.89. The Morgan fingerprint density at radius 1 is 1.17 bits per heavy atom. The van der Waals surface area contributed by atoms with Gasteiger partial charge in [-0.15, -0.1) is 0 Å². The van der Waals surface area contributed by atoms with Crippen LogP contribution < -0.4 is 5.73 Å². The van der Waals surface area contributed by atoms with Crippen molar-refractivity contribution < 1.29 is 4.74 Å². The molecule has 0 amide bonds. The van der Waals surface area contributed by atoms with E-state index in [2.05, 4.69) is 32.6 Å². The van der Waals surface area contributed by atoms with E-state index in [9.17, 15) is 0 Å². The molecule has 0 aromatic rings. The molecule has 0 radical (unpaired) electrons. The molecular formula is C15H34N2O.